The Labute approximate surface area is 93.3 Å². The number of aromatic amines is 1. The quantitative estimate of drug-likeness (QED) is 0.796. The van der Waals surface area contributed by atoms with Crippen LogP contribution in [0.25, 0.3) is 11.2 Å². The predicted molar refractivity (Wildman–Crippen MR) is 62.5 cm³/mol. The first-order chi connectivity index (χ1) is 7.84. The fourth-order valence-corrected chi connectivity index (χ4v) is 2.58. The average molecular weight is 217 g/mol. The molecule has 0 aromatic carbocycles. The van der Waals surface area contributed by atoms with Crippen LogP contribution in [0, 0.1) is 0 Å². The van der Waals surface area contributed by atoms with Crippen LogP contribution in [0.1, 0.15) is 38.1 Å². The van der Waals surface area contributed by atoms with Gasteiger partial charge < -0.3 is 9.55 Å². The molecule has 1 N–H and O–H groups in total. The second kappa shape index (κ2) is 3.77. The molecule has 1 aliphatic carbocycles. The summed E-state index contributed by atoms with van der Waals surface area (Å²) in [6.45, 7) is 0. The van der Waals surface area contributed by atoms with Crippen LogP contribution in [0.5, 0.6) is 0 Å². The van der Waals surface area contributed by atoms with Gasteiger partial charge in [-0.2, -0.15) is 0 Å². The fourth-order valence-electron chi connectivity index (χ4n) is 2.58. The van der Waals surface area contributed by atoms with Crippen molar-refractivity contribution in [2.24, 2.45) is 0 Å². The molecule has 16 heavy (non-hydrogen) atoms. The molecule has 2 heterocycles. The Bertz CT molecular complexity index is 549. The molecule has 0 bridgehead atoms. The van der Waals surface area contributed by atoms with Crippen molar-refractivity contribution < 1.29 is 0 Å². The summed E-state index contributed by atoms with van der Waals surface area (Å²) >= 11 is 0. The van der Waals surface area contributed by atoms with Gasteiger partial charge in [0, 0.05) is 12.1 Å². The maximum atomic E-state index is 11.3. The van der Waals surface area contributed by atoms with Gasteiger partial charge in [-0.05, 0) is 18.9 Å². The largest absolute Gasteiger partial charge is 0.314 e. The highest BCUT2D eigenvalue weighted by Crippen LogP contribution is 2.29. The SMILES string of the molecule is O=c1ccc2ncn(C3CCCCC3)c2[nH]1. The van der Waals surface area contributed by atoms with Gasteiger partial charge in [0.05, 0.1) is 6.33 Å². The summed E-state index contributed by atoms with van der Waals surface area (Å²) in [4.78, 5) is 18.5. The van der Waals surface area contributed by atoms with Gasteiger partial charge in [-0.15, -0.1) is 0 Å². The Morgan fingerprint density at radius 1 is 1.25 bits per heavy atom. The smallest absolute Gasteiger partial charge is 0.249 e. The Balaban J connectivity index is 2.08. The van der Waals surface area contributed by atoms with E-state index >= 15 is 0 Å². The van der Waals surface area contributed by atoms with Crippen molar-refractivity contribution >= 4 is 11.2 Å². The summed E-state index contributed by atoms with van der Waals surface area (Å²) in [5.74, 6) is 0. The number of imidazole rings is 1. The standard InChI is InChI=1S/C12H15N3O/c16-11-7-6-10-12(14-11)15(8-13-10)9-4-2-1-3-5-9/h6-9H,1-5H2,(H,14,16). The maximum absolute atomic E-state index is 11.3. The van der Waals surface area contributed by atoms with Gasteiger partial charge in [-0.1, -0.05) is 19.3 Å². The van der Waals surface area contributed by atoms with Crippen molar-refractivity contribution in [3.05, 3.63) is 28.8 Å². The predicted octanol–water partition coefficient (Wildman–Crippen LogP) is 2.23. The fraction of sp³-hybridized carbons (Fsp3) is 0.500. The van der Waals surface area contributed by atoms with E-state index in [1.807, 2.05) is 6.33 Å². The minimum atomic E-state index is -0.0509. The Hall–Kier alpha value is -1.58. The van der Waals surface area contributed by atoms with E-state index in [2.05, 4.69) is 14.5 Å². The molecular formula is C12H15N3O. The molecule has 2 aromatic heterocycles. The van der Waals surface area contributed by atoms with Crippen molar-refractivity contribution in [3.63, 3.8) is 0 Å². The number of fused-ring (bicyclic) bond motifs is 1. The van der Waals surface area contributed by atoms with Crippen molar-refractivity contribution in [3.8, 4) is 0 Å². The number of hydrogen-bond acceptors (Lipinski definition) is 2. The number of nitrogens with one attached hydrogen (secondary N) is 1. The average Bonchev–Trinajstić information content (AvgIpc) is 2.73. The van der Waals surface area contributed by atoms with Gasteiger partial charge in [0.15, 0.2) is 0 Å². The first-order valence-electron chi connectivity index (χ1n) is 5.90. The zero-order valence-electron chi connectivity index (χ0n) is 9.15. The molecular weight excluding hydrogens is 202 g/mol. The van der Waals surface area contributed by atoms with E-state index in [-0.39, 0.29) is 5.56 Å². The zero-order chi connectivity index (χ0) is 11.0. The molecule has 1 fully saturated rings. The molecule has 1 aliphatic rings. The highest BCUT2D eigenvalue weighted by molar-refractivity contribution is 5.70. The second-order valence-electron chi connectivity index (χ2n) is 4.50. The monoisotopic (exact) mass is 217 g/mol. The van der Waals surface area contributed by atoms with E-state index in [0.29, 0.717) is 6.04 Å². The van der Waals surface area contributed by atoms with Crippen LogP contribution in [0.4, 0.5) is 0 Å². The van der Waals surface area contributed by atoms with Crippen LogP contribution in [0.2, 0.25) is 0 Å². The molecule has 2 aromatic rings. The van der Waals surface area contributed by atoms with Crippen LogP contribution < -0.4 is 5.56 Å². The number of aromatic nitrogens is 3. The molecule has 4 nitrogen and oxygen atoms in total. The third kappa shape index (κ3) is 1.54. The van der Waals surface area contributed by atoms with Crippen LogP contribution in [0.15, 0.2) is 23.3 Å². The third-order valence-electron chi connectivity index (χ3n) is 3.42. The van der Waals surface area contributed by atoms with Crippen LogP contribution in [-0.2, 0) is 0 Å². The minimum Gasteiger partial charge on any atom is -0.314 e. The van der Waals surface area contributed by atoms with Crippen molar-refractivity contribution in [2.75, 3.05) is 0 Å². The summed E-state index contributed by atoms with van der Waals surface area (Å²) in [5.41, 5.74) is 1.70. The Kier molecular flexibility index (Phi) is 2.27. The van der Waals surface area contributed by atoms with Gasteiger partial charge in [-0.25, -0.2) is 4.98 Å². The van der Waals surface area contributed by atoms with E-state index < -0.39 is 0 Å². The lowest BCUT2D eigenvalue weighted by atomic mass is 9.95. The van der Waals surface area contributed by atoms with Gasteiger partial charge in [0.2, 0.25) is 5.56 Å². The highest BCUT2D eigenvalue weighted by atomic mass is 16.1. The number of nitrogens with zero attached hydrogens (tertiary/aromatic N) is 2. The summed E-state index contributed by atoms with van der Waals surface area (Å²) < 4.78 is 2.13. The summed E-state index contributed by atoms with van der Waals surface area (Å²) in [7, 11) is 0. The molecule has 0 spiro atoms. The van der Waals surface area contributed by atoms with Crippen molar-refractivity contribution in [1.29, 1.82) is 0 Å². The lowest BCUT2D eigenvalue weighted by Gasteiger charge is -2.23. The summed E-state index contributed by atoms with van der Waals surface area (Å²) in [5, 5.41) is 0. The second-order valence-corrected chi connectivity index (χ2v) is 4.50. The number of hydrogen-bond donors (Lipinski definition) is 1. The van der Waals surface area contributed by atoms with Crippen LogP contribution in [-0.4, -0.2) is 14.5 Å². The first kappa shape index (κ1) is 9.63. The summed E-state index contributed by atoms with van der Waals surface area (Å²) in [6.07, 6.45) is 8.14. The molecule has 1 saturated carbocycles. The van der Waals surface area contributed by atoms with E-state index in [1.165, 1.54) is 38.2 Å². The van der Waals surface area contributed by atoms with Crippen LogP contribution >= 0.6 is 0 Å². The molecule has 0 amide bonds. The molecule has 0 saturated heterocycles. The Morgan fingerprint density at radius 3 is 2.88 bits per heavy atom. The molecule has 84 valence electrons. The molecule has 0 radical (unpaired) electrons. The summed E-state index contributed by atoms with van der Waals surface area (Å²) in [6, 6.07) is 3.82. The first-order valence-corrected chi connectivity index (χ1v) is 5.90. The number of H-pyrrole nitrogens is 1. The van der Waals surface area contributed by atoms with E-state index in [9.17, 15) is 4.79 Å². The molecule has 0 atom stereocenters. The molecule has 0 unspecified atom stereocenters. The molecule has 3 rings (SSSR count). The zero-order valence-corrected chi connectivity index (χ0v) is 9.15. The van der Waals surface area contributed by atoms with Gasteiger partial charge in [-0.3, -0.25) is 4.79 Å². The number of pyridine rings is 1. The lowest BCUT2D eigenvalue weighted by molar-refractivity contribution is 0.358. The molecule has 4 heteroatoms. The van der Waals surface area contributed by atoms with Gasteiger partial charge in [0.1, 0.15) is 11.2 Å². The van der Waals surface area contributed by atoms with Gasteiger partial charge in [0.25, 0.3) is 0 Å². The van der Waals surface area contributed by atoms with Crippen molar-refractivity contribution in [2.45, 2.75) is 38.1 Å². The van der Waals surface area contributed by atoms with E-state index in [0.717, 1.165) is 11.2 Å². The van der Waals surface area contributed by atoms with Gasteiger partial charge >= 0.3 is 0 Å². The van der Waals surface area contributed by atoms with E-state index in [1.54, 1.807) is 6.07 Å². The lowest BCUT2D eigenvalue weighted by Crippen LogP contribution is -2.14. The number of rotatable bonds is 1. The van der Waals surface area contributed by atoms with E-state index in [4.69, 9.17) is 0 Å². The van der Waals surface area contributed by atoms with Crippen molar-refractivity contribution in [1.82, 2.24) is 14.5 Å². The normalized spacial score (nSPS) is 18.0. The maximum Gasteiger partial charge on any atom is 0.249 e. The topological polar surface area (TPSA) is 50.7 Å². The Morgan fingerprint density at radius 2 is 2.06 bits per heavy atom. The minimum absolute atomic E-state index is 0.0509. The molecule has 0 aliphatic heterocycles. The third-order valence-corrected chi connectivity index (χ3v) is 3.42. The van der Waals surface area contributed by atoms with Crippen LogP contribution in [0.3, 0.4) is 0 Å². The highest BCUT2D eigenvalue weighted by Gasteiger charge is 2.17.